The van der Waals surface area contributed by atoms with Gasteiger partial charge in [-0.05, 0) is 31.4 Å². The molecule has 1 amide bonds. The Kier molecular flexibility index (Phi) is 6.02. The Morgan fingerprint density at radius 3 is 2.37 bits per heavy atom. The van der Waals surface area contributed by atoms with Crippen molar-refractivity contribution >= 4 is 17.5 Å². The Morgan fingerprint density at radius 1 is 1.07 bits per heavy atom. The fourth-order valence-electron chi connectivity index (χ4n) is 3.64. The molecule has 0 bridgehead atoms. The van der Waals surface area contributed by atoms with Crippen LogP contribution in [0.3, 0.4) is 0 Å². The van der Waals surface area contributed by atoms with Gasteiger partial charge in [0.1, 0.15) is 0 Å². The highest BCUT2D eigenvalue weighted by Gasteiger charge is 2.25. The number of carbonyl (C=O) groups excluding carboxylic acids is 1. The van der Waals surface area contributed by atoms with Crippen LogP contribution in [0.2, 0.25) is 5.02 Å². The fourth-order valence-corrected chi connectivity index (χ4v) is 3.87. The van der Waals surface area contributed by atoms with Crippen molar-refractivity contribution in [3.8, 4) is 11.1 Å². The van der Waals surface area contributed by atoms with E-state index in [1.807, 2.05) is 49.4 Å². The summed E-state index contributed by atoms with van der Waals surface area (Å²) in [6.45, 7) is 4.84. The van der Waals surface area contributed by atoms with E-state index in [-0.39, 0.29) is 0 Å². The highest BCUT2D eigenvalue weighted by molar-refractivity contribution is 6.33. The second-order valence-electron chi connectivity index (χ2n) is 6.80. The summed E-state index contributed by atoms with van der Waals surface area (Å²) in [6.07, 6.45) is 2.98. The van der Waals surface area contributed by atoms with Crippen LogP contribution in [0.1, 0.15) is 47.1 Å². The van der Waals surface area contributed by atoms with Crippen LogP contribution in [0.15, 0.2) is 54.6 Å². The number of aromatic nitrogens is 1. The summed E-state index contributed by atoms with van der Waals surface area (Å²) in [7, 11) is 0. The van der Waals surface area contributed by atoms with Gasteiger partial charge in [0.2, 0.25) is 0 Å². The first-order chi connectivity index (χ1) is 13.0. The van der Waals surface area contributed by atoms with E-state index < -0.39 is 5.91 Å². The van der Waals surface area contributed by atoms with E-state index in [2.05, 4.69) is 23.6 Å². The predicted molar refractivity (Wildman–Crippen MR) is 112 cm³/mol. The topological polar surface area (TPSA) is 48.0 Å². The number of unbranched alkanes of at least 4 members (excludes halogenated alkanes) is 1. The lowest BCUT2D eigenvalue weighted by molar-refractivity contribution is 0.1000. The van der Waals surface area contributed by atoms with E-state index in [0.29, 0.717) is 17.1 Å². The third-order valence-electron chi connectivity index (χ3n) is 4.97. The molecule has 2 aromatic carbocycles. The Bertz CT molecular complexity index is 945. The molecule has 0 unspecified atom stereocenters. The average molecular weight is 381 g/mol. The molecule has 0 spiro atoms. The smallest absolute Gasteiger partial charge is 0.251 e. The summed E-state index contributed by atoms with van der Waals surface area (Å²) < 4.78 is 2.23. The zero-order valence-corrected chi connectivity index (χ0v) is 16.6. The van der Waals surface area contributed by atoms with Gasteiger partial charge in [0.25, 0.3) is 5.91 Å². The zero-order valence-electron chi connectivity index (χ0n) is 15.8. The molecule has 0 fully saturated rings. The molecule has 2 N–H and O–H groups in total. The normalized spacial score (nSPS) is 10.9. The molecule has 0 saturated heterocycles. The monoisotopic (exact) mass is 380 g/mol. The van der Waals surface area contributed by atoms with Gasteiger partial charge in [-0.3, -0.25) is 4.79 Å². The Morgan fingerprint density at radius 2 is 1.74 bits per heavy atom. The molecule has 1 heterocycles. The molecule has 140 valence electrons. The Hall–Kier alpha value is -2.52. The number of rotatable bonds is 7. The van der Waals surface area contributed by atoms with E-state index in [9.17, 15) is 4.79 Å². The van der Waals surface area contributed by atoms with Crippen molar-refractivity contribution in [1.82, 2.24) is 4.57 Å². The maximum Gasteiger partial charge on any atom is 0.251 e. The molecule has 3 rings (SSSR count). The number of carbonyl (C=O) groups is 1. The number of benzene rings is 2. The second-order valence-corrected chi connectivity index (χ2v) is 7.21. The number of nitrogens with two attached hydrogens (primary N) is 1. The summed E-state index contributed by atoms with van der Waals surface area (Å²) in [5.41, 5.74) is 11.4. The number of nitrogens with zero attached hydrogens (tertiary/aromatic N) is 1. The lowest BCUT2D eigenvalue weighted by atomic mass is 9.97. The van der Waals surface area contributed by atoms with Crippen LogP contribution in [0, 0.1) is 6.92 Å². The standard InChI is InChI=1S/C23H25ClN2O/c1-3-4-14-20-22(18-12-8-9-13-19(18)24)21(23(25)27)16(2)26(20)15-17-10-6-5-7-11-17/h5-13H,3-4,14-15H2,1-2H3,(H2,25,27). The third-order valence-corrected chi connectivity index (χ3v) is 5.30. The molecule has 0 saturated carbocycles. The van der Waals surface area contributed by atoms with E-state index in [0.717, 1.165) is 41.8 Å². The minimum Gasteiger partial charge on any atom is -0.366 e. The summed E-state index contributed by atoms with van der Waals surface area (Å²) in [5, 5.41) is 0.634. The predicted octanol–water partition coefficient (Wildman–Crippen LogP) is 5.61. The summed E-state index contributed by atoms with van der Waals surface area (Å²) in [5.74, 6) is -0.410. The number of primary amides is 1. The molecule has 4 heteroatoms. The Labute approximate surface area is 165 Å². The molecular formula is C23H25ClN2O. The lowest BCUT2D eigenvalue weighted by Crippen LogP contribution is -2.13. The summed E-state index contributed by atoms with van der Waals surface area (Å²) >= 11 is 6.50. The van der Waals surface area contributed by atoms with E-state index in [4.69, 9.17) is 17.3 Å². The SMILES string of the molecule is CCCCc1c(-c2ccccc2Cl)c(C(N)=O)c(C)n1Cc1ccccc1. The number of halogens is 1. The van der Waals surface area contributed by atoms with Crippen molar-refractivity contribution in [2.24, 2.45) is 5.73 Å². The van der Waals surface area contributed by atoms with E-state index in [1.165, 1.54) is 5.56 Å². The van der Waals surface area contributed by atoms with Gasteiger partial charge in [-0.15, -0.1) is 0 Å². The zero-order chi connectivity index (χ0) is 19.4. The number of amides is 1. The molecule has 0 aliphatic heterocycles. The molecular weight excluding hydrogens is 356 g/mol. The first-order valence-electron chi connectivity index (χ1n) is 9.35. The van der Waals surface area contributed by atoms with Gasteiger partial charge < -0.3 is 10.3 Å². The first kappa shape index (κ1) is 19.2. The fraction of sp³-hybridized carbons (Fsp3) is 0.261. The quantitative estimate of drug-likeness (QED) is 0.569. The molecule has 3 aromatic rings. The van der Waals surface area contributed by atoms with Crippen LogP contribution in [0.5, 0.6) is 0 Å². The van der Waals surface area contributed by atoms with Gasteiger partial charge in [-0.1, -0.05) is 73.5 Å². The van der Waals surface area contributed by atoms with Gasteiger partial charge in [0, 0.05) is 34.1 Å². The van der Waals surface area contributed by atoms with E-state index in [1.54, 1.807) is 0 Å². The van der Waals surface area contributed by atoms with Gasteiger partial charge >= 0.3 is 0 Å². The van der Waals surface area contributed by atoms with Crippen LogP contribution in [-0.4, -0.2) is 10.5 Å². The van der Waals surface area contributed by atoms with Gasteiger partial charge in [-0.25, -0.2) is 0 Å². The van der Waals surface area contributed by atoms with Crippen LogP contribution in [0.25, 0.3) is 11.1 Å². The maximum atomic E-state index is 12.4. The minimum absolute atomic E-state index is 0.410. The van der Waals surface area contributed by atoms with Crippen molar-refractivity contribution in [3.05, 3.63) is 82.1 Å². The molecule has 27 heavy (non-hydrogen) atoms. The van der Waals surface area contributed by atoms with Crippen LogP contribution >= 0.6 is 11.6 Å². The van der Waals surface area contributed by atoms with Gasteiger partial charge in [0.05, 0.1) is 5.56 Å². The van der Waals surface area contributed by atoms with Crippen molar-refractivity contribution in [2.45, 2.75) is 39.7 Å². The molecule has 0 atom stereocenters. The highest BCUT2D eigenvalue weighted by Crippen LogP contribution is 2.37. The first-order valence-corrected chi connectivity index (χ1v) is 9.73. The van der Waals surface area contributed by atoms with Crippen molar-refractivity contribution in [2.75, 3.05) is 0 Å². The van der Waals surface area contributed by atoms with Crippen molar-refractivity contribution < 1.29 is 4.79 Å². The summed E-state index contributed by atoms with van der Waals surface area (Å²) in [4.78, 5) is 12.4. The number of hydrogen-bond acceptors (Lipinski definition) is 1. The number of hydrogen-bond donors (Lipinski definition) is 1. The largest absolute Gasteiger partial charge is 0.366 e. The van der Waals surface area contributed by atoms with Crippen molar-refractivity contribution in [3.63, 3.8) is 0 Å². The summed E-state index contributed by atoms with van der Waals surface area (Å²) in [6, 6.07) is 17.9. The average Bonchev–Trinajstić information content (AvgIpc) is 2.93. The van der Waals surface area contributed by atoms with Crippen molar-refractivity contribution in [1.29, 1.82) is 0 Å². The van der Waals surface area contributed by atoms with E-state index >= 15 is 0 Å². The second kappa shape index (κ2) is 8.45. The lowest BCUT2D eigenvalue weighted by Gasteiger charge is -2.14. The highest BCUT2D eigenvalue weighted by atomic mass is 35.5. The molecule has 0 aliphatic carbocycles. The molecule has 3 nitrogen and oxygen atoms in total. The molecule has 0 aliphatic rings. The Balaban J connectivity index is 2.25. The third kappa shape index (κ3) is 3.93. The maximum absolute atomic E-state index is 12.4. The van der Waals surface area contributed by atoms with Gasteiger partial charge in [-0.2, -0.15) is 0 Å². The molecule has 0 radical (unpaired) electrons. The van der Waals surface area contributed by atoms with Gasteiger partial charge in [0.15, 0.2) is 0 Å². The van der Waals surface area contributed by atoms with Crippen LogP contribution in [-0.2, 0) is 13.0 Å². The molecule has 1 aromatic heterocycles. The van der Waals surface area contributed by atoms with Crippen LogP contribution < -0.4 is 5.73 Å². The van der Waals surface area contributed by atoms with Crippen LogP contribution in [0.4, 0.5) is 0 Å². The minimum atomic E-state index is -0.410.